The van der Waals surface area contributed by atoms with Gasteiger partial charge in [-0.1, -0.05) is 6.92 Å². The van der Waals surface area contributed by atoms with Gasteiger partial charge in [0, 0.05) is 24.3 Å². The van der Waals surface area contributed by atoms with E-state index in [-0.39, 0.29) is 18.7 Å². The SMILES string of the molecule is CCOCn1c(Cc2cc(F)ccc2F)c(CC)c(=O)[nH]c1=O. The number of rotatable bonds is 6. The van der Waals surface area contributed by atoms with Gasteiger partial charge in [0.05, 0.1) is 0 Å². The van der Waals surface area contributed by atoms with Gasteiger partial charge < -0.3 is 4.74 Å². The van der Waals surface area contributed by atoms with Crippen molar-refractivity contribution in [1.82, 2.24) is 9.55 Å². The number of nitrogens with one attached hydrogen (secondary N) is 1. The van der Waals surface area contributed by atoms with Crippen LogP contribution in [0.3, 0.4) is 0 Å². The Kier molecular flexibility index (Phi) is 5.44. The normalized spacial score (nSPS) is 11.0. The standard InChI is InChI=1S/C16H18F2N2O3/c1-3-12-14(8-10-7-11(17)5-6-13(10)18)20(9-23-4-2)16(22)19-15(12)21/h5-7H,3-4,8-9H2,1-2H3,(H,19,21,22). The van der Waals surface area contributed by atoms with Crippen molar-refractivity contribution in [2.24, 2.45) is 0 Å². The van der Waals surface area contributed by atoms with Crippen molar-refractivity contribution in [3.8, 4) is 0 Å². The van der Waals surface area contributed by atoms with Crippen LogP contribution in [0.5, 0.6) is 0 Å². The fraction of sp³-hybridized carbons (Fsp3) is 0.375. The van der Waals surface area contributed by atoms with Crippen LogP contribution < -0.4 is 11.2 Å². The van der Waals surface area contributed by atoms with Crippen molar-refractivity contribution in [3.63, 3.8) is 0 Å². The number of aromatic nitrogens is 2. The summed E-state index contributed by atoms with van der Waals surface area (Å²) >= 11 is 0. The average Bonchev–Trinajstić information content (AvgIpc) is 2.50. The van der Waals surface area contributed by atoms with Crippen LogP contribution in [0.2, 0.25) is 0 Å². The van der Waals surface area contributed by atoms with E-state index in [4.69, 9.17) is 4.74 Å². The zero-order chi connectivity index (χ0) is 17.0. The van der Waals surface area contributed by atoms with Crippen molar-refractivity contribution in [1.29, 1.82) is 0 Å². The Labute approximate surface area is 131 Å². The second-order valence-corrected chi connectivity index (χ2v) is 5.00. The van der Waals surface area contributed by atoms with Crippen molar-refractivity contribution in [2.45, 2.75) is 33.4 Å². The Morgan fingerprint density at radius 2 is 1.96 bits per heavy atom. The number of benzene rings is 1. The molecule has 0 aliphatic carbocycles. The first-order chi connectivity index (χ1) is 11.0. The minimum atomic E-state index is -0.632. The second kappa shape index (κ2) is 7.32. The molecule has 0 saturated heterocycles. The Morgan fingerprint density at radius 3 is 2.61 bits per heavy atom. The van der Waals surface area contributed by atoms with Crippen molar-refractivity contribution in [2.75, 3.05) is 6.61 Å². The van der Waals surface area contributed by atoms with Gasteiger partial charge in [-0.05, 0) is 37.1 Å². The molecular formula is C16H18F2N2O3. The van der Waals surface area contributed by atoms with Crippen LogP contribution in [0.15, 0.2) is 27.8 Å². The monoisotopic (exact) mass is 324 g/mol. The van der Waals surface area contributed by atoms with Gasteiger partial charge in [0.2, 0.25) is 0 Å². The molecule has 0 atom stereocenters. The number of halogens is 2. The molecular weight excluding hydrogens is 306 g/mol. The summed E-state index contributed by atoms with van der Waals surface area (Å²) in [6.45, 7) is 3.83. The van der Waals surface area contributed by atoms with Crippen molar-refractivity contribution >= 4 is 0 Å². The Morgan fingerprint density at radius 1 is 1.22 bits per heavy atom. The molecule has 0 radical (unpaired) electrons. The lowest BCUT2D eigenvalue weighted by Gasteiger charge is -2.16. The van der Waals surface area contributed by atoms with E-state index in [1.807, 2.05) is 0 Å². The Balaban J connectivity index is 2.60. The zero-order valence-electron chi connectivity index (χ0n) is 13.0. The van der Waals surface area contributed by atoms with Crippen LogP contribution in [-0.2, 0) is 24.3 Å². The summed E-state index contributed by atoms with van der Waals surface area (Å²) in [5.74, 6) is -1.17. The molecule has 23 heavy (non-hydrogen) atoms. The molecule has 0 amide bonds. The zero-order valence-corrected chi connectivity index (χ0v) is 13.0. The molecule has 1 aromatic carbocycles. The molecule has 0 spiro atoms. The maximum Gasteiger partial charge on any atom is 0.330 e. The summed E-state index contributed by atoms with van der Waals surface area (Å²) in [5.41, 5.74) is -0.383. The summed E-state index contributed by atoms with van der Waals surface area (Å²) in [6, 6.07) is 3.10. The highest BCUT2D eigenvalue weighted by Gasteiger charge is 2.16. The van der Waals surface area contributed by atoms with Gasteiger partial charge in [0.15, 0.2) is 0 Å². The molecule has 7 heteroatoms. The predicted octanol–water partition coefficient (Wildman–Crippen LogP) is 1.96. The molecule has 0 aliphatic rings. The van der Waals surface area contributed by atoms with E-state index in [9.17, 15) is 18.4 Å². The topological polar surface area (TPSA) is 64.1 Å². The largest absolute Gasteiger partial charge is 0.361 e. The Bertz CT molecular complexity index is 812. The third-order valence-electron chi connectivity index (χ3n) is 3.56. The molecule has 124 valence electrons. The van der Waals surface area contributed by atoms with Crippen LogP contribution in [0.1, 0.15) is 30.7 Å². The Hall–Kier alpha value is -2.28. The number of hydrogen-bond acceptors (Lipinski definition) is 3. The fourth-order valence-electron chi connectivity index (χ4n) is 2.40. The molecule has 0 saturated carbocycles. The summed E-state index contributed by atoms with van der Waals surface area (Å²) in [4.78, 5) is 26.2. The summed E-state index contributed by atoms with van der Waals surface area (Å²) in [5, 5.41) is 0. The second-order valence-electron chi connectivity index (χ2n) is 5.00. The highest BCUT2D eigenvalue weighted by Crippen LogP contribution is 2.16. The lowest BCUT2D eigenvalue weighted by atomic mass is 10.0. The molecule has 2 aromatic rings. The van der Waals surface area contributed by atoms with Gasteiger partial charge in [-0.25, -0.2) is 13.6 Å². The number of aromatic amines is 1. The molecule has 0 aliphatic heterocycles. The molecule has 5 nitrogen and oxygen atoms in total. The number of nitrogens with zero attached hydrogens (tertiary/aromatic N) is 1. The van der Waals surface area contributed by atoms with Gasteiger partial charge in [0.1, 0.15) is 18.4 Å². The van der Waals surface area contributed by atoms with Crippen LogP contribution in [-0.4, -0.2) is 16.2 Å². The van der Waals surface area contributed by atoms with Crippen LogP contribution in [0, 0.1) is 11.6 Å². The quantitative estimate of drug-likeness (QED) is 0.883. The van der Waals surface area contributed by atoms with Crippen molar-refractivity contribution < 1.29 is 13.5 Å². The maximum atomic E-state index is 13.9. The maximum absolute atomic E-state index is 13.9. The molecule has 1 aromatic heterocycles. The van der Waals surface area contributed by atoms with Crippen molar-refractivity contribution in [3.05, 3.63) is 67.5 Å². The van der Waals surface area contributed by atoms with Gasteiger partial charge in [0.25, 0.3) is 5.56 Å². The fourth-order valence-corrected chi connectivity index (χ4v) is 2.40. The third kappa shape index (κ3) is 3.73. The van der Waals surface area contributed by atoms with E-state index in [0.29, 0.717) is 24.3 Å². The first-order valence-corrected chi connectivity index (χ1v) is 7.34. The average molecular weight is 324 g/mol. The summed E-state index contributed by atoms with van der Waals surface area (Å²) in [6.07, 6.45) is 0.285. The van der Waals surface area contributed by atoms with E-state index in [2.05, 4.69) is 4.98 Å². The first-order valence-electron chi connectivity index (χ1n) is 7.34. The van der Waals surface area contributed by atoms with Crippen LogP contribution in [0.25, 0.3) is 0 Å². The molecule has 0 bridgehead atoms. The smallest absolute Gasteiger partial charge is 0.330 e. The van der Waals surface area contributed by atoms with E-state index >= 15 is 0 Å². The predicted molar refractivity (Wildman–Crippen MR) is 81.5 cm³/mol. The molecule has 0 unspecified atom stereocenters. The van der Waals surface area contributed by atoms with Crippen LogP contribution in [0.4, 0.5) is 8.78 Å². The molecule has 0 fully saturated rings. The van der Waals surface area contributed by atoms with Gasteiger partial charge in [-0.15, -0.1) is 0 Å². The van der Waals surface area contributed by atoms with E-state index in [1.54, 1.807) is 13.8 Å². The van der Waals surface area contributed by atoms with Gasteiger partial charge in [-0.2, -0.15) is 0 Å². The molecule has 1 N–H and O–H groups in total. The van der Waals surface area contributed by atoms with Gasteiger partial charge in [-0.3, -0.25) is 14.3 Å². The first kappa shape index (κ1) is 17.1. The summed E-state index contributed by atoms with van der Waals surface area (Å²) < 4.78 is 33.8. The molecule has 2 rings (SSSR count). The highest BCUT2D eigenvalue weighted by atomic mass is 19.1. The third-order valence-corrected chi connectivity index (χ3v) is 3.56. The minimum Gasteiger partial charge on any atom is -0.361 e. The van der Waals surface area contributed by atoms with Crippen LogP contribution >= 0.6 is 0 Å². The molecule has 1 heterocycles. The number of H-pyrrole nitrogens is 1. The number of hydrogen-bond donors (Lipinski definition) is 1. The van der Waals surface area contributed by atoms with E-state index in [1.165, 1.54) is 4.57 Å². The summed E-state index contributed by atoms with van der Waals surface area (Å²) in [7, 11) is 0. The lowest BCUT2D eigenvalue weighted by Crippen LogP contribution is -2.36. The van der Waals surface area contributed by atoms with E-state index in [0.717, 1.165) is 18.2 Å². The highest BCUT2D eigenvalue weighted by molar-refractivity contribution is 5.28. The number of ether oxygens (including phenoxy) is 1. The van der Waals surface area contributed by atoms with E-state index < -0.39 is 22.9 Å². The minimum absolute atomic E-state index is 0.0641. The lowest BCUT2D eigenvalue weighted by molar-refractivity contribution is 0.0821. The van der Waals surface area contributed by atoms with Gasteiger partial charge >= 0.3 is 5.69 Å².